The van der Waals surface area contributed by atoms with Gasteiger partial charge in [0.25, 0.3) is 11.8 Å². The Morgan fingerprint density at radius 3 is 2.04 bits per heavy atom. The van der Waals surface area contributed by atoms with Crippen LogP contribution in [0.3, 0.4) is 0 Å². The third-order valence-electron chi connectivity index (χ3n) is 6.75. The molecule has 0 radical (unpaired) electrons. The van der Waals surface area contributed by atoms with Gasteiger partial charge in [0, 0.05) is 0 Å². The first-order valence-corrected chi connectivity index (χ1v) is 8.65. The van der Waals surface area contributed by atoms with Crippen LogP contribution in [0, 0.1) is 17.3 Å². The molecule has 2 unspecified atom stereocenters. The molecule has 5 nitrogen and oxygen atoms in total. The van der Waals surface area contributed by atoms with Gasteiger partial charge in [-0.05, 0) is 62.5 Å². The molecule has 1 heterocycles. The first-order valence-electron chi connectivity index (χ1n) is 8.65. The quantitative estimate of drug-likeness (QED) is 0.848. The van der Waals surface area contributed by atoms with E-state index in [-0.39, 0.29) is 11.8 Å². The van der Waals surface area contributed by atoms with Crippen LogP contribution in [0.4, 0.5) is 0 Å². The van der Waals surface area contributed by atoms with Crippen LogP contribution in [-0.4, -0.2) is 33.3 Å². The fraction of sp³-hybridized carbons (Fsp3) is 0.526. The molecular weight excluding hydrogens is 306 g/mol. The van der Waals surface area contributed by atoms with Gasteiger partial charge in [0.2, 0.25) is 0 Å². The Labute approximate surface area is 139 Å². The first kappa shape index (κ1) is 14.2. The van der Waals surface area contributed by atoms with Gasteiger partial charge in [-0.2, -0.15) is 0 Å². The monoisotopic (exact) mass is 325 g/mol. The van der Waals surface area contributed by atoms with E-state index in [4.69, 9.17) is 0 Å². The number of carboxylic acid groups (broad SMARTS) is 1. The van der Waals surface area contributed by atoms with E-state index >= 15 is 0 Å². The molecule has 5 aliphatic rings. The van der Waals surface area contributed by atoms with Crippen molar-refractivity contribution in [2.45, 2.75) is 44.1 Å². The molecule has 0 saturated heterocycles. The van der Waals surface area contributed by atoms with Crippen LogP contribution < -0.4 is 0 Å². The normalized spacial score (nSPS) is 39.4. The number of benzene rings is 1. The van der Waals surface area contributed by atoms with E-state index in [0.717, 1.165) is 19.3 Å². The Kier molecular flexibility index (Phi) is 2.52. The molecule has 0 spiro atoms. The Morgan fingerprint density at radius 1 is 1.00 bits per heavy atom. The second kappa shape index (κ2) is 4.26. The number of hydrogen-bond donors (Lipinski definition) is 1. The lowest BCUT2D eigenvalue weighted by Crippen LogP contribution is -2.65. The van der Waals surface area contributed by atoms with Crippen molar-refractivity contribution < 1.29 is 19.5 Å². The third kappa shape index (κ3) is 1.57. The second-order valence-electron chi connectivity index (χ2n) is 8.26. The number of rotatable bonds is 2. The van der Waals surface area contributed by atoms with Gasteiger partial charge in [-0.25, -0.2) is 0 Å². The molecule has 4 atom stereocenters. The molecule has 1 N–H and O–H groups in total. The minimum absolute atomic E-state index is 0.238. The second-order valence-corrected chi connectivity index (χ2v) is 8.26. The summed E-state index contributed by atoms with van der Waals surface area (Å²) in [5.74, 6) is -0.605. The van der Waals surface area contributed by atoms with Crippen molar-refractivity contribution in [2.75, 3.05) is 0 Å². The van der Waals surface area contributed by atoms with Crippen molar-refractivity contribution >= 4 is 17.8 Å². The predicted octanol–water partition coefficient (Wildman–Crippen LogP) is 2.71. The van der Waals surface area contributed by atoms with Crippen molar-refractivity contribution in [2.24, 2.45) is 17.3 Å². The number of carboxylic acids is 1. The minimum atomic E-state index is -0.752. The van der Waals surface area contributed by atoms with E-state index < -0.39 is 16.9 Å². The summed E-state index contributed by atoms with van der Waals surface area (Å²) in [5, 5.41) is 9.85. The lowest BCUT2D eigenvalue weighted by atomic mass is 9.46. The molecule has 1 aliphatic heterocycles. The molecular formula is C19H19NO4. The van der Waals surface area contributed by atoms with Gasteiger partial charge < -0.3 is 5.11 Å². The van der Waals surface area contributed by atoms with Gasteiger partial charge in [0.05, 0.1) is 22.1 Å². The Bertz CT molecular complexity index is 749. The molecule has 5 heteroatoms. The number of nitrogens with zero attached hydrogens (tertiary/aromatic N) is 1. The molecule has 24 heavy (non-hydrogen) atoms. The molecule has 124 valence electrons. The molecule has 4 bridgehead atoms. The highest BCUT2D eigenvalue weighted by Crippen LogP contribution is 2.64. The number of amides is 2. The van der Waals surface area contributed by atoms with E-state index in [0.29, 0.717) is 42.2 Å². The van der Waals surface area contributed by atoms with E-state index in [9.17, 15) is 19.5 Å². The maximum atomic E-state index is 13.0. The molecule has 1 aromatic carbocycles. The lowest BCUT2D eigenvalue weighted by molar-refractivity contribution is -0.173. The highest BCUT2D eigenvalue weighted by Gasteiger charge is 2.65. The fourth-order valence-corrected chi connectivity index (χ4v) is 6.35. The third-order valence-corrected chi connectivity index (χ3v) is 6.75. The standard InChI is InChI=1S/C19H19NO4/c21-15-13-3-1-2-4-14(13)16(22)20(15)19-8-11-5-12(9-19)7-18(6-11,10-19)17(23)24/h1-4,11-12H,5-10H2,(H,23,24)/t11-,12+,18?,19?. The Hall–Kier alpha value is -2.17. The van der Waals surface area contributed by atoms with Crippen LogP contribution in [0.2, 0.25) is 0 Å². The van der Waals surface area contributed by atoms with Gasteiger partial charge in [-0.15, -0.1) is 0 Å². The zero-order chi connectivity index (χ0) is 16.7. The first-order chi connectivity index (χ1) is 11.4. The summed E-state index contributed by atoms with van der Waals surface area (Å²) in [4.78, 5) is 39.3. The van der Waals surface area contributed by atoms with Gasteiger partial charge in [-0.3, -0.25) is 19.3 Å². The smallest absolute Gasteiger partial charge is 0.309 e. The topological polar surface area (TPSA) is 74.7 Å². The number of fused-ring (bicyclic) bond motifs is 1. The van der Waals surface area contributed by atoms with E-state index in [1.807, 2.05) is 0 Å². The molecule has 4 fully saturated rings. The van der Waals surface area contributed by atoms with Crippen molar-refractivity contribution in [1.82, 2.24) is 4.90 Å². The highest BCUT2D eigenvalue weighted by atomic mass is 16.4. The summed E-state index contributed by atoms with van der Waals surface area (Å²) < 4.78 is 0. The van der Waals surface area contributed by atoms with Crippen molar-refractivity contribution in [3.63, 3.8) is 0 Å². The summed E-state index contributed by atoms with van der Waals surface area (Å²) in [6, 6.07) is 6.93. The predicted molar refractivity (Wildman–Crippen MR) is 84.4 cm³/mol. The summed E-state index contributed by atoms with van der Waals surface area (Å²) in [6.07, 6.45) is 4.40. The van der Waals surface area contributed by atoms with Crippen LogP contribution in [0.15, 0.2) is 24.3 Å². The molecule has 4 saturated carbocycles. The molecule has 1 aromatic rings. The summed E-state index contributed by atoms with van der Waals surface area (Å²) in [6.45, 7) is 0. The van der Waals surface area contributed by atoms with Gasteiger partial charge >= 0.3 is 5.97 Å². The van der Waals surface area contributed by atoms with Crippen LogP contribution in [0.5, 0.6) is 0 Å². The number of aliphatic carboxylic acids is 1. The van der Waals surface area contributed by atoms with Crippen LogP contribution in [0.25, 0.3) is 0 Å². The number of hydrogen-bond acceptors (Lipinski definition) is 3. The molecule has 0 aromatic heterocycles. The molecule has 6 rings (SSSR count). The number of carbonyl (C=O) groups is 3. The zero-order valence-corrected chi connectivity index (χ0v) is 13.3. The largest absolute Gasteiger partial charge is 0.481 e. The van der Waals surface area contributed by atoms with Gasteiger partial charge in [-0.1, -0.05) is 12.1 Å². The maximum Gasteiger partial charge on any atom is 0.309 e. The van der Waals surface area contributed by atoms with Crippen LogP contribution >= 0.6 is 0 Å². The summed E-state index contributed by atoms with van der Waals surface area (Å²) in [7, 11) is 0. The van der Waals surface area contributed by atoms with E-state index in [1.54, 1.807) is 24.3 Å². The summed E-state index contributed by atoms with van der Waals surface area (Å²) in [5.41, 5.74) is -0.431. The Morgan fingerprint density at radius 2 is 1.54 bits per heavy atom. The maximum absolute atomic E-state index is 13.0. The SMILES string of the molecule is O=C1c2ccccc2C(=O)N1C12C[C@@H]3C[C@@H](CC(C(=O)O)(C3)C1)C2. The van der Waals surface area contributed by atoms with Crippen LogP contribution in [-0.2, 0) is 4.79 Å². The van der Waals surface area contributed by atoms with Crippen molar-refractivity contribution in [3.8, 4) is 0 Å². The van der Waals surface area contributed by atoms with E-state index in [1.165, 1.54) is 4.90 Å². The average Bonchev–Trinajstić information content (AvgIpc) is 2.78. The van der Waals surface area contributed by atoms with Gasteiger partial charge in [0.15, 0.2) is 0 Å². The lowest BCUT2D eigenvalue weighted by Gasteiger charge is -2.62. The Balaban J connectivity index is 1.61. The van der Waals surface area contributed by atoms with Crippen molar-refractivity contribution in [1.29, 1.82) is 0 Å². The summed E-state index contributed by atoms with van der Waals surface area (Å²) >= 11 is 0. The zero-order valence-electron chi connectivity index (χ0n) is 13.3. The van der Waals surface area contributed by atoms with Crippen LogP contribution in [0.1, 0.15) is 59.2 Å². The van der Waals surface area contributed by atoms with Crippen molar-refractivity contribution in [3.05, 3.63) is 35.4 Å². The average molecular weight is 325 g/mol. The number of imide groups is 1. The van der Waals surface area contributed by atoms with E-state index in [2.05, 4.69) is 0 Å². The van der Waals surface area contributed by atoms with Gasteiger partial charge in [0.1, 0.15) is 0 Å². The number of carbonyl (C=O) groups excluding carboxylic acids is 2. The molecule has 2 amide bonds. The minimum Gasteiger partial charge on any atom is -0.481 e. The fourth-order valence-electron chi connectivity index (χ4n) is 6.35. The molecule has 4 aliphatic carbocycles. The highest BCUT2D eigenvalue weighted by molar-refractivity contribution is 6.21.